The summed E-state index contributed by atoms with van der Waals surface area (Å²) in [4.78, 5) is 4.09. The normalized spacial score (nSPS) is 18.2. The van der Waals surface area contributed by atoms with E-state index in [1.165, 1.54) is 30.7 Å². The molecule has 3 N–H and O–H groups in total. The third kappa shape index (κ3) is 6.74. The van der Waals surface area contributed by atoms with E-state index in [9.17, 15) is 12.8 Å². The Morgan fingerprint density at radius 1 is 1.40 bits per heavy atom. The molecule has 25 heavy (non-hydrogen) atoms. The summed E-state index contributed by atoms with van der Waals surface area (Å²) in [6.45, 7) is 2.65. The van der Waals surface area contributed by atoms with E-state index in [-0.39, 0.29) is 18.0 Å². The van der Waals surface area contributed by atoms with Crippen molar-refractivity contribution >= 4 is 33.4 Å². The SMILES string of the molecule is CN=C(NCCS(=O)(=O)Nc1ccc(C)c(F)c1)NCC1CCCS1. The highest BCUT2D eigenvalue weighted by molar-refractivity contribution is 8.00. The summed E-state index contributed by atoms with van der Waals surface area (Å²) in [7, 11) is -1.91. The molecule has 0 bridgehead atoms. The molecule has 1 aliphatic heterocycles. The summed E-state index contributed by atoms with van der Waals surface area (Å²) in [5.74, 6) is 1.21. The lowest BCUT2D eigenvalue weighted by Crippen LogP contribution is -2.42. The molecule has 0 aromatic heterocycles. The molecule has 140 valence electrons. The van der Waals surface area contributed by atoms with Gasteiger partial charge in [-0.3, -0.25) is 9.71 Å². The van der Waals surface area contributed by atoms with Crippen LogP contribution in [0.1, 0.15) is 18.4 Å². The quantitative estimate of drug-likeness (QED) is 0.491. The molecule has 1 heterocycles. The second-order valence-corrected chi connectivity index (χ2v) is 9.15. The zero-order valence-electron chi connectivity index (χ0n) is 14.5. The smallest absolute Gasteiger partial charge is 0.234 e. The van der Waals surface area contributed by atoms with Crippen LogP contribution in [0, 0.1) is 12.7 Å². The Morgan fingerprint density at radius 2 is 2.20 bits per heavy atom. The number of halogens is 1. The number of hydrogen-bond acceptors (Lipinski definition) is 4. The van der Waals surface area contributed by atoms with Gasteiger partial charge < -0.3 is 10.6 Å². The Kier molecular flexibility index (Phi) is 7.37. The molecule has 0 aliphatic carbocycles. The van der Waals surface area contributed by atoms with Gasteiger partial charge in [0, 0.05) is 25.4 Å². The van der Waals surface area contributed by atoms with Gasteiger partial charge in [0.2, 0.25) is 10.0 Å². The highest BCUT2D eigenvalue weighted by Crippen LogP contribution is 2.25. The number of nitrogens with zero attached hydrogens (tertiary/aromatic N) is 1. The van der Waals surface area contributed by atoms with Crippen LogP contribution in [0.2, 0.25) is 0 Å². The Balaban J connectivity index is 1.77. The maximum absolute atomic E-state index is 13.5. The van der Waals surface area contributed by atoms with Crippen LogP contribution in [-0.4, -0.2) is 51.3 Å². The third-order valence-corrected chi connectivity index (χ3v) is 6.54. The Hall–Kier alpha value is -1.48. The van der Waals surface area contributed by atoms with Crippen LogP contribution >= 0.6 is 11.8 Å². The number of benzene rings is 1. The van der Waals surface area contributed by atoms with Crippen molar-refractivity contribution in [2.24, 2.45) is 4.99 Å². The maximum atomic E-state index is 13.5. The first-order valence-corrected chi connectivity index (χ1v) is 10.9. The predicted octanol–water partition coefficient (Wildman–Crippen LogP) is 1.94. The number of sulfonamides is 1. The van der Waals surface area contributed by atoms with Gasteiger partial charge in [-0.1, -0.05) is 6.07 Å². The first kappa shape index (κ1) is 19.8. The summed E-state index contributed by atoms with van der Waals surface area (Å²) in [6.07, 6.45) is 2.44. The van der Waals surface area contributed by atoms with E-state index < -0.39 is 15.8 Å². The summed E-state index contributed by atoms with van der Waals surface area (Å²) in [5, 5.41) is 6.79. The summed E-state index contributed by atoms with van der Waals surface area (Å²) < 4.78 is 40.1. The van der Waals surface area contributed by atoms with Crippen molar-refractivity contribution in [3.63, 3.8) is 0 Å². The Labute approximate surface area is 153 Å². The zero-order chi connectivity index (χ0) is 18.3. The average Bonchev–Trinajstić information content (AvgIpc) is 3.07. The molecule has 1 saturated heterocycles. The molecule has 1 aromatic rings. The summed E-state index contributed by atoms with van der Waals surface area (Å²) in [6, 6.07) is 4.27. The largest absolute Gasteiger partial charge is 0.355 e. The first-order valence-electron chi connectivity index (χ1n) is 8.22. The number of rotatable bonds is 7. The van der Waals surface area contributed by atoms with Crippen molar-refractivity contribution in [2.75, 3.05) is 36.4 Å². The lowest BCUT2D eigenvalue weighted by Gasteiger charge is -2.15. The number of thioether (sulfide) groups is 1. The lowest BCUT2D eigenvalue weighted by atomic mass is 10.2. The number of guanidine groups is 1. The minimum atomic E-state index is -3.56. The monoisotopic (exact) mass is 388 g/mol. The zero-order valence-corrected chi connectivity index (χ0v) is 16.1. The molecule has 2 rings (SSSR count). The highest BCUT2D eigenvalue weighted by atomic mass is 32.2. The average molecular weight is 389 g/mol. The number of nitrogens with one attached hydrogen (secondary N) is 3. The third-order valence-electron chi connectivity index (χ3n) is 3.85. The molecule has 0 radical (unpaired) electrons. The molecular formula is C16H25FN4O2S2. The molecule has 6 nitrogen and oxygen atoms in total. The second kappa shape index (κ2) is 9.28. The second-order valence-electron chi connectivity index (χ2n) is 5.90. The number of hydrogen-bond donors (Lipinski definition) is 3. The van der Waals surface area contributed by atoms with Gasteiger partial charge in [0.1, 0.15) is 5.82 Å². The number of aryl methyl sites for hydroxylation is 1. The first-order chi connectivity index (χ1) is 11.9. The van der Waals surface area contributed by atoms with Crippen molar-refractivity contribution < 1.29 is 12.8 Å². The van der Waals surface area contributed by atoms with Gasteiger partial charge >= 0.3 is 0 Å². The summed E-state index contributed by atoms with van der Waals surface area (Å²) in [5.41, 5.74) is 0.698. The number of aliphatic imine (C=N–C) groups is 1. The van der Waals surface area contributed by atoms with Crippen molar-refractivity contribution in [1.29, 1.82) is 0 Å². The Bertz CT molecular complexity index is 704. The van der Waals surface area contributed by atoms with Crippen LogP contribution in [0.15, 0.2) is 23.2 Å². The summed E-state index contributed by atoms with van der Waals surface area (Å²) >= 11 is 1.94. The fourth-order valence-electron chi connectivity index (χ4n) is 2.43. The molecule has 1 aliphatic rings. The van der Waals surface area contributed by atoms with Gasteiger partial charge in [0.25, 0.3) is 0 Å². The maximum Gasteiger partial charge on any atom is 0.234 e. The Morgan fingerprint density at radius 3 is 2.84 bits per heavy atom. The van der Waals surface area contributed by atoms with E-state index in [1.807, 2.05) is 11.8 Å². The van der Waals surface area contributed by atoms with E-state index in [2.05, 4.69) is 20.3 Å². The molecular weight excluding hydrogens is 363 g/mol. The topological polar surface area (TPSA) is 82.6 Å². The molecule has 1 unspecified atom stereocenters. The highest BCUT2D eigenvalue weighted by Gasteiger charge is 2.16. The van der Waals surface area contributed by atoms with Gasteiger partial charge in [-0.05, 0) is 43.2 Å². The fourth-order valence-corrected chi connectivity index (χ4v) is 4.59. The van der Waals surface area contributed by atoms with E-state index >= 15 is 0 Å². The minimum absolute atomic E-state index is 0.138. The van der Waals surface area contributed by atoms with Crippen molar-refractivity contribution in [1.82, 2.24) is 10.6 Å². The molecule has 0 amide bonds. The van der Waals surface area contributed by atoms with Crippen molar-refractivity contribution in [3.8, 4) is 0 Å². The van der Waals surface area contributed by atoms with Crippen LogP contribution in [0.4, 0.5) is 10.1 Å². The van der Waals surface area contributed by atoms with Crippen LogP contribution in [-0.2, 0) is 10.0 Å². The van der Waals surface area contributed by atoms with Crippen LogP contribution in [0.3, 0.4) is 0 Å². The van der Waals surface area contributed by atoms with Gasteiger partial charge in [0.05, 0.1) is 11.4 Å². The van der Waals surface area contributed by atoms with Crippen LogP contribution in [0.25, 0.3) is 0 Å². The molecule has 9 heteroatoms. The van der Waals surface area contributed by atoms with E-state index in [0.717, 1.165) is 6.54 Å². The standard InChI is InChI=1S/C16H25FN4O2S2/c1-12-5-6-13(10-15(12)17)21-25(22,23)9-7-19-16(18-2)20-11-14-4-3-8-24-14/h5-6,10,14,21H,3-4,7-9,11H2,1-2H3,(H2,18,19,20). The van der Waals surface area contributed by atoms with Gasteiger partial charge in [-0.15, -0.1) is 0 Å². The predicted molar refractivity (Wildman–Crippen MR) is 103 cm³/mol. The van der Waals surface area contributed by atoms with E-state index in [4.69, 9.17) is 0 Å². The fraction of sp³-hybridized carbons (Fsp3) is 0.562. The molecule has 1 fully saturated rings. The molecule has 0 spiro atoms. The van der Waals surface area contributed by atoms with E-state index in [1.54, 1.807) is 20.0 Å². The van der Waals surface area contributed by atoms with Crippen molar-refractivity contribution in [3.05, 3.63) is 29.6 Å². The van der Waals surface area contributed by atoms with Crippen LogP contribution < -0.4 is 15.4 Å². The van der Waals surface area contributed by atoms with Crippen LogP contribution in [0.5, 0.6) is 0 Å². The van der Waals surface area contributed by atoms with Gasteiger partial charge in [-0.25, -0.2) is 12.8 Å². The van der Waals surface area contributed by atoms with Gasteiger partial charge in [-0.2, -0.15) is 11.8 Å². The minimum Gasteiger partial charge on any atom is -0.355 e. The lowest BCUT2D eigenvalue weighted by molar-refractivity contribution is 0.599. The van der Waals surface area contributed by atoms with Gasteiger partial charge in [0.15, 0.2) is 5.96 Å². The molecule has 0 saturated carbocycles. The molecule has 1 atom stereocenters. The van der Waals surface area contributed by atoms with E-state index in [0.29, 0.717) is 16.8 Å². The molecule has 1 aromatic carbocycles. The van der Waals surface area contributed by atoms with Crippen molar-refractivity contribution in [2.45, 2.75) is 25.0 Å². The number of anilines is 1.